The fourth-order valence-electron chi connectivity index (χ4n) is 1.52. The minimum atomic E-state index is 0.169. The molecule has 1 heterocycles. The Morgan fingerprint density at radius 1 is 1.28 bits per heavy atom. The summed E-state index contributed by atoms with van der Waals surface area (Å²) in [5.74, 6) is 0. The van der Waals surface area contributed by atoms with Crippen LogP contribution in [-0.2, 0) is 5.41 Å². The van der Waals surface area contributed by atoms with Crippen LogP contribution in [0, 0.1) is 4.77 Å². The zero-order chi connectivity index (χ0) is 13.2. The number of aromatic nitrogens is 3. The van der Waals surface area contributed by atoms with Crippen molar-refractivity contribution in [1.29, 1.82) is 0 Å². The van der Waals surface area contributed by atoms with E-state index in [1.165, 1.54) is 10.2 Å². The van der Waals surface area contributed by atoms with Crippen molar-refractivity contribution in [2.45, 2.75) is 26.2 Å². The smallest absolute Gasteiger partial charge is 0.216 e. The van der Waals surface area contributed by atoms with Gasteiger partial charge in [-0.1, -0.05) is 45.0 Å². The molecule has 1 aromatic carbocycles. The second kappa shape index (κ2) is 4.86. The van der Waals surface area contributed by atoms with Crippen molar-refractivity contribution in [1.82, 2.24) is 14.9 Å². The molecule has 1 aromatic heterocycles. The molecule has 0 unspecified atom stereocenters. The Bertz CT molecular complexity index is 599. The minimum absolute atomic E-state index is 0.169. The molecule has 18 heavy (non-hydrogen) atoms. The summed E-state index contributed by atoms with van der Waals surface area (Å²) in [5, 5.41) is 10.7. The summed E-state index contributed by atoms with van der Waals surface area (Å²) in [4.78, 5) is 0. The second-order valence-corrected chi connectivity index (χ2v) is 5.51. The van der Waals surface area contributed by atoms with E-state index in [1.54, 1.807) is 12.5 Å². The summed E-state index contributed by atoms with van der Waals surface area (Å²) < 4.78 is 2.00. The van der Waals surface area contributed by atoms with Gasteiger partial charge in [-0.3, -0.25) is 5.10 Å². The van der Waals surface area contributed by atoms with E-state index in [0.717, 1.165) is 5.56 Å². The SMILES string of the molecule is CC(C)(C)c1ccc(/C=N\n2cn[nH]c2=S)cc1. The fourth-order valence-corrected chi connectivity index (χ4v) is 1.67. The molecular weight excluding hydrogens is 244 g/mol. The number of H-pyrrole nitrogens is 1. The first kappa shape index (κ1) is 12.7. The van der Waals surface area contributed by atoms with Gasteiger partial charge in [-0.05, 0) is 28.8 Å². The van der Waals surface area contributed by atoms with E-state index < -0.39 is 0 Å². The van der Waals surface area contributed by atoms with Crippen molar-refractivity contribution in [3.63, 3.8) is 0 Å². The highest BCUT2D eigenvalue weighted by Gasteiger charge is 2.12. The van der Waals surface area contributed by atoms with Gasteiger partial charge in [0.05, 0.1) is 6.21 Å². The number of benzene rings is 1. The summed E-state index contributed by atoms with van der Waals surface area (Å²) in [5.41, 5.74) is 2.51. The molecule has 1 N–H and O–H groups in total. The third kappa shape index (κ3) is 2.92. The zero-order valence-corrected chi connectivity index (χ0v) is 11.5. The summed E-state index contributed by atoms with van der Waals surface area (Å²) in [6.45, 7) is 6.59. The number of nitrogens with one attached hydrogen (secondary N) is 1. The van der Waals surface area contributed by atoms with E-state index in [-0.39, 0.29) is 5.41 Å². The van der Waals surface area contributed by atoms with Gasteiger partial charge in [-0.25, -0.2) is 0 Å². The number of rotatable bonds is 2. The van der Waals surface area contributed by atoms with Crippen molar-refractivity contribution in [2.75, 3.05) is 0 Å². The highest BCUT2D eigenvalue weighted by atomic mass is 32.1. The van der Waals surface area contributed by atoms with Gasteiger partial charge in [-0.15, -0.1) is 0 Å². The molecule has 0 bridgehead atoms. The van der Waals surface area contributed by atoms with E-state index in [4.69, 9.17) is 12.2 Å². The van der Waals surface area contributed by atoms with Gasteiger partial charge in [0.2, 0.25) is 4.77 Å². The van der Waals surface area contributed by atoms with Crippen molar-refractivity contribution in [3.8, 4) is 0 Å². The van der Waals surface area contributed by atoms with Crippen molar-refractivity contribution in [2.24, 2.45) is 5.10 Å². The second-order valence-electron chi connectivity index (χ2n) is 5.12. The molecule has 4 nitrogen and oxygen atoms in total. The summed E-state index contributed by atoms with van der Waals surface area (Å²) in [7, 11) is 0. The molecule has 0 amide bonds. The first-order chi connectivity index (χ1) is 8.47. The van der Waals surface area contributed by atoms with Crippen LogP contribution in [0.4, 0.5) is 0 Å². The fraction of sp³-hybridized carbons (Fsp3) is 0.308. The molecule has 2 aromatic rings. The average Bonchev–Trinajstić information content (AvgIpc) is 2.72. The topological polar surface area (TPSA) is 46.0 Å². The Kier molecular flexibility index (Phi) is 3.43. The van der Waals surface area contributed by atoms with E-state index in [9.17, 15) is 0 Å². The molecule has 94 valence electrons. The Hall–Kier alpha value is -1.75. The Morgan fingerprint density at radius 2 is 1.94 bits per heavy atom. The largest absolute Gasteiger partial charge is 0.250 e. The van der Waals surface area contributed by atoms with Crippen LogP contribution in [0.25, 0.3) is 0 Å². The lowest BCUT2D eigenvalue weighted by molar-refractivity contribution is 0.590. The minimum Gasteiger partial charge on any atom is -0.250 e. The van der Waals surface area contributed by atoms with Crippen LogP contribution in [0.2, 0.25) is 0 Å². The van der Waals surface area contributed by atoms with Crippen LogP contribution in [-0.4, -0.2) is 21.1 Å². The standard InChI is InChI=1S/C13H16N4S/c1-13(2,3)11-6-4-10(5-7-11)8-15-17-9-14-16-12(17)18/h4-9H,1-3H3,(H,16,18)/b15-8-. The quantitative estimate of drug-likeness (QED) is 0.666. The van der Waals surface area contributed by atoms with Crippen molar-refractivity contribution < 1.29 is 0 Å². The Morgan fingerprint density at radius 3 is 2.44 bits per heavy atom. The molecular formula is C13H16N4S. The van der Waals surface area contributed by atoms with Crippen LogP contribution in [0.5, 0.6) is 0 Å². The van der Waals surface area contributed by atoms with Gasteiger partial charge in [0.1, 0.15) is 6.33 Å². The molecule has 0 fully saturated rings. The third-order valence-corrected chi connectivity index (χ3v) is 2.92. The molecule has 0 spiro atoms. The number of aromatic amines is 1. The monoisotopic (exact) mass is 260 g/mol. The average molecular weight is 260 g/mol. The zero-order valence-electron chi connectivity index (χ0n) is 10.7. The summed E-state index contributed by atoms with van der Waals surface area (Å²) in [6, 6.07) is 8.34. The van der Waals surface area contributed by atoms with Crippen LogP contribution < -0.4 is 0 Å². The highest BCUT2D eigenvalue weighted by Crippen LogP contribution is 2.21. The summed E-state index contributed by atoms with van der Waals surface area (Å²) >= 11 is 5.00. The van der Waals surface area contributed by atoms with Crippen LogP contribution in [0.1, 0.15) is 31.9 Å². The van der Waals surface area contributed by atoms with E-state index in [2.05, 4.69) is 48.2 Å². The normalized spacial score (nSPS) is 12.2. The summed E-state index contributed by atoms with van der Waals surface area (Å²) in [6.07, 6.45) is 3.31. The van der Waals surface area contributed by atoms with Gasteiger partial charge in [0, 0.05) is 0 Å². The maximum atomic E-state index is 5.00. The molecule has 0 aliphatic heterocycles. The maximum absolute atomic E-state index is 5.00. The first-order valence-electron chi connectivity index (χ1n) is 5.74. The molecule has 0 aliphatic rings. The highest BCUT2D eigenvalue weighted by molar-refractivity contribution is 7.71. The molecule has 0 saturated carbocycles. The van der Waals surface area contributed by atoms with E-state index in [1.807, 2.05) is 12.1 Å². The number of hydrogen-bond acceptors (Lipinski definition) is 3. The molecule has 0 atom stereocenters. The maximum Gasteiger partial charge on any atom is 0.216 e. The van der Waals surface area contributed by atoms with Crippen LogP contribution >= 0.6 is 12.2 Å². The van der Waals surface area contributed by atoms with E-state index >= 15 is 0 Å². The van der Waals surface area contributed by atoms with E-state index in [0.29, 0.717) is 4.77 Å². The van der Waals surface area contributed by atoms with Gasteiger partial charge < -0.3 is 0 Å². The Balaban J connectivity index is 2.19. The first-order valence-corrected chi connectivity index (χ1v) is 6.14. The lowest BCUT2D eigenvalue weighted by Crippen LogP contribution is -2.10. The van der Waals surface area contributed by atoms with Gasteiger partial charge in [-0.2, -0.15) is 14.9 Å². The Labute approximate surface area is 111 Å². The van der Waals surface area contributed by atoms with Crippen molar-refractivity contribution >= 4 is 18.4 Å². The predicted molar refractivity (Wildman–Crippen MR) is 75.5 cm³/mol. The molecule has 5 heteroatoms. The van der Waals surface area contributed by atoms with Crippen LogP contribution in [0.3, 0.4) is 0 Å². The molecule has 2 rings (SSSR count). The third-order valence-electron chi connectivity index (χ3n) is 2.64. The lowest BCUT2D eigenvalue weighted by Gasteiger charge is -2.18. The van der Waals surface area contributed by atoms with Gasteiger partial charge in [0.25, 0.3) is 0 Å². The van der Waals surface area contributed by atoms with Crippen LogP contribution in [0.15, 0.2) is 35.7 Å². The van der Waals surface area contributed by atoms with Crippen molar-refractivity contribution in [3.05, 3.63) is 46.5 Å². The number of hydrogen-bond donors (Lipinski definition) is 1. The van der Waals surface area contributed by atoms with Gasteiger partial charge in [0.15, 0.2) is 0 Å². The molecule has 0 aliphatic carbocycles. The number of nitrogens with zero attached hydrogens (tertiary/aromatic N) is 3. The molecule has 0 saturated heterocycles. The van der Waals surface area contributed by atoms with Gasteiger partial charge >= 0.3 is 0 Å². The predicted octanol–water partition coefficient (Wildman–Crippen LogP) is 3.12. The molecule has 0 radical (unpaired) electrons. The lowest BCUT2D eigenvalue weighted by atomic mass is 9.87.